The van der Waals surface area contributed by atoms with Crippen molar-refractivity contribution in [1.82, 2.24) is 5.32 Å². The van der Waals surface area contributed by atoms with E-state index >= 15 is 0 Å². The Bertz CT molecular complexity index is 913. The maximum absolute atomic E-state index is 12.7. The smallest absolute Gasteiger partial charge is 0.372 e. The highest BCUT2D eigenvalue weighted by Crippen LogP contribution is 2.28. The van der Waals surface area contributed by atoms with Crippen molar-refractivity contribution in [3.05, 3.63) is 22.3 Å². The molecular formula is C22H32N4O10. The number of hydrogen-bond donors (Lipinski definition) is 1. The van der Waals surface area contributed by atoms with Gasteiger partial charge in [0, 0.05) is 32.1 Å². The highest BCUT2D eigenvalue weighted by Gasteiger charge is 2.48. The number of methoxy groups -OCH3 is 1. The Kier molecular flexibility index (Phi) is 12.2. The second-order valence-electron chi connectivity index (χ2n) is 8.35. The molecule has 1 rings (SSSR count). The number of ether oxygens (including phenoxy) is 5. The number of hydrogen-bond acceptors (Lipinski definition) is 11. The molecule has 5 atom stereocenters. The van der Waals surface area contributed by atoms with E-state index in [-0.39, 0.29) is 12.3 Å². The molecule has 0 fully saturated rings. The normalized spacial score (nSPS) is 20.4. The molecule has 1 amide bonds. The first-order valence-corrected chi connectivity index (χ1v) is 11.2. The van der Waals surface area contributed by atoms with Crippen molar-refractivity contribution in [3.63, 3.8) is 0 Å². The predicted molar refractivity (Wildman–Crippen MR) is 122 cm³/mol. The van der Waals surface area contributed by atoms with Gasteiger partial charge in [-0.1, -0.05) is 19.0 Å². The first-order chi connectivity index (χ1) is 16.9. The lowest BCUT2D eigenvalue weighted by molar-refractivity contribution is -0.188. The number of esters is 4. The van der Waals surface area contributed by atoms with Crippen LogP contribution in [0.5, 0.6) is 0 Å². The number of nitrogens with zero attached hydrogens (tertiary/aromatic N) is 3. The molecule has 14 nitrogen and oxygen atoms in total. The topological polar surface area (TPSA) is 192 Å². The van der Waals surface area contributed by atoms with E-state index in [1.165, 1.54) is 0 Å². The van der Waals surface area contributed by atoms with Crippen LogP contribution in [0.25, 0.3) is 10.4 Å². The average Bonchev–Trinajstić information content (AvgIpc) is 2.79. The Morgan fingerprint density at radius 3 is 2.25 bits per heavy atom. The molecule has 36 heavy (non-hydrogen) atoms. The Balaban J connectivity index is 3.59. The zero-order valence-corrected chi connectivity index (χ0v) is 21.1. The number of amides is 1. The van der Waals surface area contributed by atoms with Crippen molar-refractivity contribution < 1.29 is 47.7 Å². The van der Waals surface area contributed by atoms with E-state index in [1.54, 1.807) is 0 Å². The summed E-state index contributed by atoms with van der Waals surface area (Å²) < 4.78 is 26.1. The molecule has 0 unspecified atom stereocenters. The van der Waals surface area contributed by atoms with Gasteiger partial charge in [0.1, 0.15) is 6.61 Å². The molecule has 0 saturated carbocycles. The van der Waals surface area contributed by atoms with Crippen LogP contribution < -0.4 is 5.32 Å². The number of nitrogens with one attached hydrogen (secondary N) is 1. The second kappa shape index (κ2) is 14.6. The van der Waals surface area contributed by atoms with Gasteiger partial charge in [-0.05, 0) is 23.9 Å². The van der Waals surface area contributed by atoms with Crippen molar-refractivity contribution in [1.29, 1.82) is 0 Å². The van der Waals surface area contributed by atoms with Crippen molar-refractivity contribution in [3.8, 4) is 0 Å². The third kappa shape index (κ3) is 9.82. The van der Waals surface area contributed by atoms with Crippen LogP contribution in [0.15, 0.2) is 16.9 Å². The molecular weight excluding hydrogens is 480 g/mol. The van der Waals surface area contributed by atoms with Crippen molar-refractivity contribution in [2.24, 2.45) is 11.0 Å². The first kappa shape index (κ1) is 30.2. The minimum atomic E-state index is -1.51. The SMILES string of the molecule is COC(=O)C1=C[C@H](N=[N+]=[N-])[C@@H](NC(=O)CCC(C)C)[C@H]([C@H](OC(C)=O)[C@@H](COC(C)=O)OC(C)=O)O1. The molecule has 0 spiro atoms. The summed E-state index contributed by atoms with van der Waals surface area (Å²) in [5, 5.41) is 6.35. The second-order valence-corrected chi connectivity index (χ2v) is 8.35. The maximum atomic E-state index is 12.7. The lowest BCUT2D eigenvalue weighted by Crippen LogP contribution is -2.61. The van der Waals surface area contributed by atoms with Crippen LogP contribution >= 0.6 is 0 Å². The molecule has 0 aliphatic carbocycles. The lowest BCUT2D eigenvalue weighted by Gasteiger charge is -2.40. The highest BCUT2D eigenvalue weighted by molar-refractivity contribution is 5.86. The first-order valence-electron chi connectivity index (χ1n) is 11.2. The Morgan fingerprint density at radius 1 is 1.11 bits per heavy atom. The molecule has 1 aliphatic rings. The fraction of sp³-hybridized carbons (Fsp3) is 0.682. The van der Waals surface area contributed by atoms with E-state index in [0.717, 1.165) is 34.0 Å². The molecule has 1 heterocycles. The summed E-state index contributed by atoms with van der Waals surface area (Å²) >= 11 is 0. The number of rotatable bonds is 12. The van der Waals surface area contributed by atoms with E-state index < -0.39 is 72.5 Å². The van der Waals surface area contributed by atoms with Crippen LogP contribution in [0.4, 0.5) is 0 Å². The van der Waals surface area contributed by atoms with Gasteiger partial charge in [-0.15, -0.1) is 0 Å². The third-order valence-electron chi connectivity index (χ3n) is 4.92. The monoisotopic (exact) mass is 512 g/mol. The van der Waals surface area contributed by atoms with Gasteiger partial charge in [-0.2, -0.15) is 0 Å². The van der Waals surface area contributed by atoms with Gasteiger partial charge in [0.2, 0.25) is 11.7 Å². The van der Waals surface area contributed by atoms with Crippen LogP contribution in [-0.4, -0.2) is 73.9 Å². The van der Waals surface area contributed by atoms with Gasteiger partial charge in [0.05, 0.1) is 19.2 Å². The lowest BCUT2D eigenvalue weighted by atomic mass is 9.91. The summed E-state index contributed by atoms with van der Waals surface area (Å²) in [6.07, 6.45) is -2.50. The highest BCUT2D eigenvalue weighted by atomic mass is 16.6. The zero-order valence-electron chi connectivity index (χ0n) is 21.1. The molecule has 1 aliphatic heterocycles. The van der Waals surface area contributed by atoms with E-state index in [4.69, 9.17) is 29.2 Å². The summed E-state index contributed by atoms with van der Waals surface area (Å²) in [4.78, 5) is 63.0. The van der Waals surface area contributed by atoms with Gasteiger partial charge in [0.15, 0.2) is 18.3 Å². The van der Waals surface area contributed by atoms with Crippen LogP contribution in [0.3, 0.4) is 0 Å². The number of azide groups is 1. The molecule has 200 valence electrons. The average molecular weight is 513 g/mol. The van der Waals surface area contributed by atoms with Crippen LogP contribution in [0.1, 0.15) is 47.5 Å². The number of carbonyl (C=O) groups is 5. The van der Waals surface area contributed by atoms with Crippen molar-refractivity contribution >= 4 is 29.8 Å². The van der Waals surface area contributed by atoms with Gasteiger partial charge in [0.25, 0.3) is 0 Å². The minimum Gasteiger partial charge on any atom is -0.477 e. The maximum Gasteiger partial charge on any atom is 0.372 e. The Hall–Kier alpha value is -3.80. The van der Waals surface area contributed by atoms with E-state index in [0.29, 0.717) is 6.42 Å². The third-order valence-corrected chi connectivity index (χ3v) is 4.92. The van der Waals surface area contributed by atoms with Gasteiger partial charge < -0.3 is 29.0 Å². The number of carbonyl (C=O) groups excluding carboxylic acids is 5. The quantitative estimate of drug-likeness (QED) is 0.132. The van der Waals surface area contributed by atoms with Crippen LogP contribution in [0, 0.1) is 5.92 Å². The van der Waals surface area contributed by atoms with Crippen LogP contribution in [-0.2, 0) is 47.7 Å². The molecule has 0 radical (unpaired) electrons. The largest absolute Gasteiger partial charge is 0.477 e. The summed E-state index contributed by atoms with van der Waals surface area (Å²) in [5.74, 6) is -3.87. The molecule has 14 heteroatoms. The van der Waals surface area contributed by atoms with E-state index in [1.807, 2.05) is 13.8 Å². The summed E-state index contributed by atoms with van der Waals surface area (Å²) in [6, 6.07) is -2.36. The van der Waals surface area contributed by atoms with E-state index in [2.05, 4.69) is 15.3 Å². The van der Waals surface area contributed by atoms with Gasteiger partial charge >= 0.3 is 23.9 Å². The minimum absolute atomic E-state index is 0.122. The van der Waals surface area contributed by atoms with E-state index in [9.17, 15) is 24.0 Å². The molecule has 1 N–H and O–H groups in total. The van der Waals surface area contributed by atoms with Crippen molar-refractivity contribution in [2.75, 3.05) is 13.7 Å². The van der Waals surface area contributed by atoms with Crippen molar-refractivity contribution in [2.45, 2.75) is 77.9 Å². The molecule has 0 aromatic carbocycles. The predicted octanol–water partition coefficient (Wildman–Crippen LogP) is 1.47. The van der Waals surface area contributed by atoms with Gasteiger partial charge in [-0.3, -0.25) is 19.2 Å². The molecule has 0 bridgehead atoms. The zero-order chi connectivity index (χ0) is 27.4. The Morgan fingerprint density at radius 2 is 1.75 bits per heavy atom. The standard InChI is InChI=1S/C22H32N4O10/c1-11(2)7-8-18(30)24-19-15(25-26-23)9-16(22(31)32-6)36-21(19)20(35-14(5)29)17(34-13(4)28)10-33-12(3)27/h9,11,15,17,19-21H,7-8,10H2,1-6H3,(H,24,30)/t15-,17+,19+,20+,21+/m0/s1. The van der Waals surface area contributed by atoms with Gasteiger partial charge in [-0.25, -0.2) is 4.79 Å². The summed E-state index contributed by atoms with van der Waals surface area (Å²) in [5.41, 5.74) is 9.12. The Labute approximate surface area is 208 Å². The summed E-state index contributed by atoms with van der Waals surface area (Å²) in [7, 11) is 1.09. The molecule has 0 aromatic heterocycles. The summed E-state index contributed by atoms with van der Waals surface area (Å²) in [6.45, 7) is 6.61. The fourth-order valence-corrected chi connectivity index (χ4v) is 3.37. The fourth-order valence-electron chi connectivity index (χ4n) is 3.37. The van der Waals surface area contributed by atoms with Crippen LogP contribution in [0.2, 0.25) is 0 Å². The molecule has 0 saturated heterocycles. The molecule has 0 aromatic rings.